The van der Waals surface area contributed by atoms with Crippen LogP contribution in [0.2, 0.25) is 0 Å². The maximum absolute atomic E-state index is 14.2. The Bertz CT molecular complexity index is 508. The second-order valence-corrected chi connectivity index (χ2v) is 5.80. The number of piperidine rings is 1. The molecular weight excluding hydrogens is 257 g/mol. The second kappa shape index (κ2) is 5.69. The molecule has 4 nitrogen and oxygen atoms in total. The lowest BCUT2D eigenvalue weighted by molar-refractivity contribution is 0.237. The fourth-order valence-electron chi connectivity index (χ4n) is 2.62. The van der Waals surface area contributed by atoms with Gasteiger partial charge in [-0.15, -0.1) is 0 Å². The van der Waals surface area contributed by atoms with Gasteiger partial charge in [-0.1, -0.05) is 25.4 Å². The fraction of sp³-hybridized carbons (Fsp3) is 0.533. The van der Waals surface area contributed by atoms with Crippen LogP contribution in [-0.2, 0) is 0 Å². The van der Waals surface area contributed by atoms with Gasteiger partial charge in [0.2, 0.25) is 0 Å². The van der Waals surface area contributed by atoms with E-state index in [9.17, 15) is 4.39 Å². The molecular formula is C15H22FN3O. The molecule has 1 saturated heterocycles. The fourth-order valence-corrected chi connectivity index (χ4v) is 2.62. The van der Waals surface area contributed by atoms with Crippen molar-refractivity contribution >= 4 is 11.5 Å². The summed E-state index contributed by atoms with van der Waals surface area (Å²) in [4.78, 5) is 2.07. The van der Waals surface area contributed by atoms with Crippen molar-refractivity contribution < 1.29 is 9.60 Å². The van der Waals surface area contributed by atoms with Gasteiger partial charge in [-0.25, -0.2) is 4.39 Å². The predicted molar refractivity (Wildman–Crippen MR) is 78.8 cm³/mol. The quantitative estimate of drug-likeness (QED) is 0.387. The van der Waals surface area contributed by atoms with Crippen molar-refractivity contribution in [3.63, 3.8) is 0 Å². The molecule has 0 bridgehead atoms. The van der Waals surface area contributed by atoms with Crippen LogP contribution in [0.1, 0.15) is 38.7 Å². The molecule has 0 radical (unpaired) electrons. The van der Waals surface area contributed by atoms with Crippen molar-refractivity contribution in [2.45, 2.75) is 33.1 Å². The molecule has 0 aromatic heterocycles. The molecule has 0 amide bonds. The summed E-state index contributed by atoms with van der Waals surface area (Å²) in [6.45, 7) is 6.23. The number of amidine groups is 1. The highest BCUT2D eigenvalue weighted by Gasteiger charge is 2.29. The van der Waals surface area contributed by atoms with Crippen LogP contribution in [0.25, 0.3) is 0 Å². The van der Waals surface area contributed by atoms with E-state index in [0.29, 0.717) is 16.7 Å². The van der Waals surface area contributed by atoms with Crippen LogP contribution in [-0.4, -0.2) is 24.1 Å². The highest BCUT2D eigenvalue weighted by molar-refractivity contribution is 5.97. The van der Waals surface area contributed by atoms with Crippen LogP contribution >= 0.6 is 0 Å². The van der Waals surface area contributed by atoms with Gasteiger partial charge in [0.15, 0.2) is 5.84 Å². The molecule has 20 heavy (non-hydrogen) atoms. The van der Waals surface area contributed by atoms with E-state index in [1.807, 2.05) is 0 Å². The van der Waals surface area contributed by atoms with Crippen molar-refractivity contribution in [2.75, 3.05) is 18.0 Å². The predicted octanol–water partition coefficient (Wildman–Crippen LogP) is 2.94. The van der Waals surface area contributed by atoms with Crippen LogP contribution < -0.4 is 10.6 Å². The molecule has 1 aliphatic heterocycles. The van der Waals surface area contributed by atoms with E-state index in [4.69, 9.17) is 10.9 Å². The third kappa shape index (κ3) is 2.86. The van der Waals surface area contributed by atoms with Crippen molar-refractivity contribution in [3.05, 3.63) is 29.6 Å². The van der Waals surface area contributed by atoms with Crippen LogP contribution in [0.15, 0.2) is 23.4 Å². The van der Waals surface area contributed by atoms with Gasteiger partial charge in [-0.05, 0) is 36.5 Å². The molecule has 1 aromatic rings. The van der Waals surface area contributed by atoms with E-state index < -0.39 is 0 Å². The maximum atomic E-state index is 14.2. The Balaban J connectivity index is 2.15. The molecule has 0 atom stereocenters. The lowest BCUT2D eigenvalue weighted by Gasteiger charge is -2.40. The number of halogens is 1. The number of hydrogen-bond donors (Lipinski definition) is 2. The summed E-state index contributed by atoms with van der Waals surface area (Å²) in [5.41, 5.74) is 6.83. The van der Waals surface area contributed by atoms with Gasteiger partial charge in [0, 0.05) is 18.7 Å². The first-order valence-electron chi connectivity index (χ1n) is 7.01. The van der Waals surface area contributed by atoms with Crippen molar-refractivity contribution in [2.24, 2.45) is 16.3 Å². The molecule has 0 unspecified atom stereocenters. The first-order chi connectivity index (χ1) is 9.49. The minimum Gasteiger partial charge on any atom is -0.409 e. The SMILES string of the molecule is CCC1(C)CCN(c2ccc(C(N)=NO)cc2F)CC1. The zero-order valence-electron chi connectivity index (χ0n) is 12.1. The molecule has 0 saturated carbocycles. The Morgan fingerprint density at radius 3 is 2.60 bits per heavy atom. The van der Waals surface area contributed by atoms with Crippen LogP contribution in [0.4, 0.5) is 10.1 Å². The smallest absolute Gasteiger partial charge is 0.170 e. The number of benzene rings is 1. The van der Waals surface area contributed by atoms with Crippen LogP contribution in [0, 0.1) is 11.2 Å². The molecule has 1 aromatic carbocycles. The minimum atomic E-state index is -0.325. The monoisotopic (exact) mass is 279 g/mol. The molecule has 5 heteroatoms. The first-order valence-corrected chi connectivity index (χ1v) is 7.01. The Kier molecular flexibility index (Phi) is 4.16. The molecule has 110 valence electrons. The summed E-state index contributed by atoms with van der Waals surface area (Å²) in [7, 11) is 0. The topological polar surface area (TPSA) is 61.8 Å². The number of nitrogens with zero attached hydrogens (tertiary/aromatic N) is 2. The summed E-state index contributed by atoms with van der Waals surface area (Å²) < 4.78 is 14.2. The average molecular weight is 279 g/mol. The molecule has 0 aliphatic carbocycles. The average Bonchev–Trinajstić information content (AvgIpc) is 2.47. The summed E-state index contributed by atoms with van der Waals surface area (Å²) >= 11 is 0. The van der Waals surface area contributed by atoms with E-state index >= 15 is 0 Å². The van der Waals surface area contributed by atoms with E-state index in [-0.39, 0.29) is 11.7 Å². The van der Waals surface area contributed by atoms with E-state index in [2.05, 4.69) is 23.9 Å². The lowest BCUT2D eigenvalue weighted by Crippen LogP contribution is -2.38. The Morgan fingerprint density at radius 2 is 2.10 bits per heavy atom. The Morgan fingerprint density at radius 1 is 1.45 bits per heavy atom. The van der Waals surface area contributed by atoms with Gasteiger partial charge in [0.1, 0.15) is 5.82 Å². The standard InChI is InChI=1S/C15H22FN3O/c1-3-15(2)6-8-19(9-7-15)13-5-4-11(10-12(13)16)14(17)18-20/h4-5,10,20H,3,6-9H2,1-2H3,(H2,17,18). The third-order valence-corrected chi connectivity index (χ3v) is 4.52. The number of oxime groups is 1. The van der Waals surface area contributed by atoms with Crippen molar-refractivity contribution in [1.82, 2.24) is 0 Å². The van der Waals surface area contributed by atoms with Crippen LogP contribution in [0.3, 0.4) is 0 Å². The van der Waals surface area contributed by atoms with Gasteiger partial charge >= 0.3 is 0 Å². The molecule has 1 aliphatic rings. The third-order valence-electron chi connectivity index (χ3n) is 4.52. The van der Waals surface area contributed by atoms with E-state index in [1.54, 1.807) is 12.1 Å². The van der Waals surface area contributed by atoms with Gasteiger partial charge in [0.05, 0.1) is 5.69 Å². The Hall–Kier alpha value is -1.78. The normalized spacial score (nSPS) is 19.1. The molecule has 3 N–H and O–H groups in total. The molecule has 2 rings (SSSR count). The largest absolute Gasteiger partial charge is 0.409 e. The summed E-state index contributed by atoms with van der Waals surface area (Å²) in [5.74, 6) is -0.401. The van der Waals surface area contributed by atoms with Gasteiger partial charge in [0.25, 0.3) is 0 Å². The van der Waals surface area contributed by atoms with Gasteiger partial charge < -0.3 is 15.8 Å². The molecule has 1 fully saturated rings. The number of hydrogen-bond acceptors (Lipinski definition) is 3. The summed E-state index contributed by atoms with van der Waals surface area (Å²) in [6, 6.07) is 4.70. The zero-order chi connectivity index (χ0) is 14.8. The maximum Gasteiger partial charge on any atom is 0.170 e. The number of rotatable bonds is 3. The van der Waals surface area contributed by atoms with Crippen LogP contribution in [0.5, 0.6) is 0 Å². The minimum absolute atomic E-state index is 0.0762. The van der Waals surface area contributed by atoms with Crippen molar-refractivity contribution in [1.29, 1.82) is 0 Å². The number of anilines is 1. The highest BCUT2D eigenvalue weighted by Crippen LogP contribution is 2.36. The van der Waals surface area contributed by atoms with Gasteiger partial charge in [-0.3, -0.25) is 0 Å². The molecule has 1 heterocycles. The van der Waals surface area contributed by atoms with E-state index in [1.165, 1.54) is 6.07 Å². The lowest BCUT2D eigenvalue weighted by atomic mass is 9.78. The first kappa shape index (κ1) is 14.6. The van der Waals surface area contributed by atoms with E-state index in [0.717, 1.165) is 32.4 Å². The molecule has 0 spiro atoms. The second-order valence-electron chi connectivity index (χ2n) is 5.80. The van der Waals surface area contributed by atoms with Crippen molar-refractivity contribution in [3.8, 4) is 0 Å². The summed E-state index contributed by atoms with van der Waals surface area (Å²) in [5, 5.41) is 11.5. The number of nitrogens with two attached hydrogens (primary N) is 1. The Labute approximate surface area is 119 Å². The summed E-state index contributed by atoms with van der Waals surface area (Å²) in [6.07, 6.45) is 3.31. The highest BCUT2D eigenvalue weighted by atomic mass is 19.1. The zero-order valence-corrected chi connectivity index (χ0v) is 12.1. The van der Waals surface area contributed by atoms with Gasteiger partial charge in [-0.2, -0.15) is 0 Å².